The summed E-state index contributed by atoms with van der Waals surface area (Å²) in [4.78, 5) is 22.6. The van der Waals surface area contributed by atoms with Crippen molar-refractivity contribution in [3.8, 4) is 0 Å². The molecule has 1 aromatic rings. The Balaban J connectivity index is 3.02. The quantitative estimate of drug-likeness (QED) is 0.788. The molecule has 0 aliphatic heterocycles. The Morgan fingerprint density at radius 2 is 1.86 bits per heavy atom. The zero-order chi connectivity index (χ0) is 16.2. The van der Waals surface area contributed by atoms with E-state index >= 15 is 0 Å². The number of alkyl carbamates (subject to hydrolysis) is 1. The second-order valence-electron chi connectivity index (χ2n) is 5.43. The van der Waals surface area contributed by atoms with E-state index in [1.54, 1.807) is 20.8 Å². The maximum Gasteiger partial charge on any atom is 0.408 e. The largest absolute Gasteiger partial charge is 0.479 e. The van der Waals surface area contributed by atoms with Crippen molar-refractivity contribution in [2.24, 2.45) is 0 Å². The number of benzene rings is 1. The van der Waals surface area contributed by atoms with Crippen LogP contribution in [0.4, 0.5) is 9.18 Å². The average molecular weight is 299 g/mol. The van der Waals surface area contributed by atoms with Gasteiger partial charge in [0.25, 0.3) is 0 Å². The lowest BCUT2D eigenvalue weighted by Gasteiger charge is -2.25. The van der Waals surface area contributed by atoms with E-state index < -0.39 is 35.6 Å². The van der Waals surface area contributed by atoms with Gasteiger partial charge >= 0.3 is 12.1 Å². The first-order chi connectivity index (χ1) is 9.61. The molecule has 2 atom stereocenters. The summed E-state index contributed by atoms with van der Waals surface area (Å²) in [6.07, 6.45) is -2.95. The molecule has 116 valence electrons. The molecule has 7 heteroatoms. The van der Waals surface area contributed by atoms with Crippen molar-refractivity contribution in [1.29, 1.82) is 0 Å². The average Bonchev–Trinajstić information content (AvgIpc) is 2.34. The Morgan fingerprint density at radius 3 is 2.33 bits per heavy atom. The predicted octanol–water partition coefficient (Wildman–Crippen LogP) is 1.84. The van der Waals surface area contributed by atoms with Crippen LogP contribution in [0.15, 0.2) is 24.3 Å². The predicted molar refractivity (Wildman–Crippen MR) is 72.2 cm³/mol. The third-order valence-corrected chi connectivity index (χ3v) is 2.48. The van der Waals surface area contributed by atoms with Gasteiger partial charge < -0.3 is 20.3 Å². The number of nitrogens with one attached hydrogen (secondary N) is 1. The van der Waals surface area contributed by atoms with E-state index in [0.29, 0.717) is 0 Å². The molecule has 1 aromatic carbocycles. The maximum atomic E-state index is 13.8. The molecular weight excluding hydrogens is 281 g/mol. The molecule has 0 aromatic heterocycles. The van der Waals surface area contributed by atoms with Crippen LogP contribution in [-0.2, 0) is 9.53 Å². The molecule has 0 saturated carbocycles. The smallest absolute Gasteiger partial charge is 0.408 e. The van der Waals surface area contributed by atoms with Gasteiger partial charge in [0.05, 0.1) is 6.04 Å². The van der Waals surface area contributed by atoms with Gasteiger partial charge in [0.1, 0.15) is 11.4 Å². The minimum absolute atomic E-state index is 0.141. The van der Waals surface area contributed by atoms with Crippen LogP contribution in [0, 0.1) is 5.82 Å². The standard InChI is InChI=1S/C14H18FNO5/c1-14(2,3)21-13(20)16-10(11(17)12(18)19)8-6-4-5-7-9(8)15/h4-7,10-11,17H,1-3H3,(H,16,20)(H,18,19)/t10-,11-/m1/s1. The van der Waals surface area contributed by atoms with Gasteiger partial charge in [0, 0.05) is 5.56 Å². The van der Waals surface area contributed by atoms with Crippen LogP contribution in [0.3, 0.4) is 0 Å². The zero-order valence-electron chi connectivity index (χ0n) is 12.0. The highest BCUT2D eigenvalue weighted by atomic mass is 19.1. The normalized spacial score (nSPS) is 14.1. The van der Waals surface area contributed by atoms with E-state index in [2.05, 4.69) is 5.32 Å². The summed E-state index contributed by atoms with van der Waals surface area (Å²) in [5.74, 6) is -2.32. The molecule has 1 amide bonds. The zero-order valence-corrected chi connectivity index (χ0v) is 12.0. The number of aliphatic hydroxyl groups is 1. The van der Waals surface area contributed by atoms with Crippen molar-refractivity contribution in [3.63, 3.8) is 0 Å². The topological polar surface area (TPSA) is 95.9 Å². The Kier molecular flexibility index (Phi) is 5.26. The summed E-state index contributed by atoms with van der Waals surface area (Å²) in [7, 11) is 0. The number of amides is 1. The summed E-state index contributed by atoms with van der Waals surface area (Å²) < 4.78 is 18.7. The minimum Gasteiger partial charge on any atom is -0.479 e. The Hall–Kier alpha value is -2.15. The first kappa shape index (κ1) is 16.9. The number of carboxylic acids is 1. The molecule has 0 fully saturated rings. The van der Waals surface area contributed by atoms with E-state index in [4.69, 9.17) is 9.84 Å². The fraction of sp³-hybridized carbons (Fsp3) is 0.429. The molecule has 0 bridgehead atoms. The van der Waals surface area contributed by atoms with Crippen molar-refractivity contribution in [2.75, 3.05) is 0 Å². The van der Waals surface area contributed by atoms with E-state index in [-0.39, 0.29) is 5.56 Å². The van der Waals surface area contributed by atoms with Crippen LogP contribution >= 0.6 is 0 Å². The third kappa shape index (κ3) is 5.03. The van der Waals surface area contributed by atoms with Crippen LogP contribution in [0.25, 0.3) is 0 Å². The molecule has 0 radical (unpaired) electrons. The summed E-state index contributed by atoms with van der Waals surface area (Å²) in [5, 5.41) is 20.7. The van der Waals surface area contributed by atoms with Gasteiger partial charge in [-0.2, -0.15) is 0 Å². The van der Waals surface area contributed by atoms with E-state index in [0.717, 1.165) is 6.07 Å². The van der Waals surface area contributed by atoms with Crippen molar-refractivity contribution in [1.82, 2.24) is 5.32 Å². The van der Waals surface area contributed by atoms with Gasteiger partial charge in [0.2, 0.25) is 0 Å². The fourth-order valence-electron chi connectivity index (χ4n) is 1.63. The second kappa shape index (κ2) is 6.53. The molecule has 0 saturated heterocycles. The fourth-order valence-corrected chi connectivity index (χ4v) is 1.63. The minimum atomic E-state index is -2.01. The van der Waals surface area contributed by atoms with Gasteiger partial charge in [-0.1, -0.05) is 18.2 Å². The van der Waals surface area contributed by atoms with Crippen molar-refractivity contribution >= 4 is 12.1 Å². The summed E-state index contributed by atoms with van der Waals surface area (Å²) in [6.45, 7) is 4.87. The van der Waals surface area contributed by atoms with Crippen LogP contribution in [0.2, 0.25) is 0 Å². The first-order valence-corrected chi connectivity index (χ1v) is 6.26. The van der Waals surface area contributed by atoms with Gasteiger partial charge in [-0.15, -0.1) is 0 Å². The van der Waals surface area contributed by atoms with Gasteiger partial charge in [-0.3, -0.25) is 0 Å². The summed E-state index contributed by atoms with van der Waals surface area (Å²) in [5.41, 5.74) is -0.948. The number of rotatable bonds is 4. The van der Waals surface area contributed by atoms with E-state index in [9.17, 15) is 19.1 Å². The highest BCUT2D eigenvalue weighted by Gasteiger charge is 2.32. The number of hydrogen-bond acceptors (Lipinski definition) is 4. The molecular formula is C14H18FNO5. The number of ether oxygens (including phenoxy) is 1. The van der Waals surface area contributed by atoms with Crippen LogP contribution < -0.4 is 5.32 Å². The number of carboxylic acid groups (broad SMARTS) is 1. The molecule has 1 rings (SSSR count). The first-order valence-electron chi connectivity index (χ1n) is 6.26. The van der Waals surface area contributed by atoms with Gasteiger partial charge in [0.15, 0.2) is 6.10 Å². The lowest BCUT2D eigenvalue weighted by atomic mass is 10.0. The Bertz CT molecular complexity index is 526. The second-order valence-corrected chi connectivity index (χ2v) is 5.43. The molecule has 0 heterocycles. The lowest BCUT2D eigenvalue weighted by Crippen LogP contribution is -2.42. The van der Waals surface area contributed by atoms with Crippen LogP contribution in [0.5, 0.6) is 0 Å². The monoisotopic (exact) mass is 299 g/mol. The summed E-state index contributed by atoms with van der Waals surface area (Å²) >= 11 is 0. The number of aliphatic hydroxyl groups excluding tert-OH is 1. The molecule has 0 aliphatic rings. The number of carbonyl (C=O) groups excluding carboxylic acids is 1. The highest BCUT2D eigenvalue weighted by Crippen LogP contribution is 2.21. The van der Waals surface area contributed by atoms with Gasteiger partial charge in [-0.25, -0.2) is 14.0 Å². The molecule has 6 nitrogen and oxygen atoms in total. The lowest BCUT2D eigenvalue weighted by molar-refractivity contribution is -0.148. The number of aliphatic carboxylic acids is 1. The maximum absolute atomic E-state index is 13.8. The van der Waals surface area contributed by atoms with E-state index in [1.807, 2.05) is 0 Å². The molecule has 21 heavy (non-hydrogen) atoms. The van der Waals surface area contributed by atoms with Gasteiger partial charge in [-0.05, 0) is 26.8 Å². The number of carbonyl (C=O) groups is 2. The molecule has 3 N–H and O–H groups in total. The summed E-state index contributed by atoms with van der Waals surface area (Å²) in [6, 6.07) is 3.81. The van der Waals surface area contributed by atoms with Crippen LogP contribution in [0.1, 0.15) is 32.4 Å². The number of halogens is 1. The SMILES string of the molecule is CC(C)(C)OC(=O)N[C@H](c1ccccc1F)[C@@H](O)C(=O)O. The van der Waals surface area contributed by atoms with E-state index in [1.165, 1.54) is 18.2 Å². The molecule has 0 spiro atoms. The Labute approximate surface area is 121 Å². The number of hydrogen-bond donors (Lipinski definition) is 3. The molecule has 0 unspecified atom stereocenters. The Morgan fingerprint density at radius 1 is 1.29 bits per heavy atom. The van der Waals surface area contributed by atoms with Crippen LogP contribution in [-0.4, -0.2) is 34.0 Å². The molecule has 0 aliphatic carbocycles. The van der Waals surface area contributed by atoms with Crippen molar-refractivity contribution < 1.29 is 28.9 Å². The van der Waals surface area contributed by atoms with Crippen molar-refractivity contribution in [3.05, 3.63) is 35.6 Å². The third-order valence-electron chi connectivity index (χ3n) is 2.48. The van der Waals surface area contributed by atoms with Crippen molar-refractivity contribution in [2.45, 2.75) is 38.5 Å². The highest BCUT2D eigenvalue weighted by molar-refractivity contribution is 5.75.